The molecule has 126 valence electrons. The van der Waals surface area contributed by atoms with Crippen LogP contribution in [-0.4, -0.2) is 26.8 Å². The van der Waals surface area contributed by atoms with Gasteiger partial charge in [-0.1, -0.05) is 29.8 Å². The molecule has 1 N–H and O–H groups in total. The zero-order valence-electron chi connectivity index (χ0n) is 13.3. The van der Waals surface area contributed by atoms with E-state index in [2.05, 4.69) is 4.72 Å². The lowest BCUT2D eigenvalue weighted by molar-refractivity contribution is -0.120. The molecule has 0 aromatic heterocycles. The molecule has 0 atom stereocenters. The maximum atomic E-state index is 12.4. The first-order chi connectivity index (χ1) is 11.3. The molecule has 0 aliphatic rings. The molecular weight excluding hydrogens is 330 g/mol. The van der Waals surface area contributed by atoms with Crippen molar-refractivity contribution in [1.82, 2.24) is 0 Å². The number of carbonyl (C=O) groups is 2. The maximum Gasteiger partial charge on any atom is 0.340 e. The Morgan fingerprint density at radius 2 is 1.67 bits per heavy atom. The molecule has 2 aromatic carbocycles. The number of rotatable bonds is 6. The third-order valence-electron chi connectivity index (χ3n) is 3.13. The zero-order valence-corrected chi connectivity index (χ0v) is 14.1. The summed E-state index contributed by atoms with van der Waals surface area (Å²) >= 11 is 0. The van der Waals surface area contributed by atoms with E-state index in [0.717, 1.165) is 5.56 Å². The average molecular weight is 347 g/mol. The molecule has 0 saturated heterocycles. The van der Waals surface area contributed by atoms with Gasteiger partial charge in [-0.3, -0.25) is 9.52 Å². The van der Waals surface area contributed by atoms with Gasteiger partial charge in [0.2, 0.25) is 0 Å². The highest BCUT2D eigenvalue weighted by molar-refractivity contribution is 7.92. The molecule has 7 heteroatoms. The molecule has 0 amide bonds. The second kappa shape index (κ2) is 7.27. The third kappa shape index (κ3) is 4.42. The summed E-state index contributed by atoms with van der Waals surface area (Å²) in [6, 6.07) is 12.4. The minimum Gasteiger partial charge on any atom is -0.454 e. The number of Topliss-reactive ketones (excluding diaryl/α,β-unsaturated/α-hetero) is 1. The number of hydrogen-bond acceptors (Lipinski definition) is 5. The van der Waals surface area contributed by atoms with Crippen molar-refractivity contribution >= 4 is 27.5 Å². The van der Waals surface area contributed by atoms with E-state index >= 15 is 0 Å². The first-order valence-electron chi connectivity index (χ1n) is 7.14. The van der Waals surface area contributed by atoms with Crippen LogP contribution in [0.4, 0.5) is 5.69 Å². The van der Waals surface area contributed by atoms with Gasteiger partial charge >= 0.3 is 5.97 Å². The van der Waals surface area contributed by atoms with Crippen molar-refractivity contribution in [3.63, 3.8) is 0 Å². The van der Waals surface area contributed by atoms with Gasteiger partial charge in [-0.15, -0.1) is 0 Å². The number of benzene rings is 2. The predicted octanol–water partition coefficient (Wildman–Crippen LogP) is 2.54. The summed E-state index contributed by atoms with van der Waals surface area (Å²) in [5.41, 5.74) is 1.06. The lowest BCUT2D eigenvalue weighted by atomic mass is 10.2. The van der Waals surface area contributed by atoms with Crippen LogP contribution in [0.15, 0.2) is 53.4 Å². The molecule has 0 saturated carbocycles. The van der Waals surface area contributed by atoms with Gasteiger partial charge in [0, 0.05) is 0 Å². The smallest absolute Gasteiger partial charge is 0.340 e. The van der Waals surface area contributed by atoms with E-state index in [1.54, 1.807) is 24.3 Å². The van der Waals surface area contributed by atoms with Gasteiger partial charge in [0.15, 0.2) is 5.78 Å². The highest BCUT2D eigenvalue weighted by Crippen LogP contribution is 2.21. The second-order valence-electron chi connectivity index (χ2n) is 5.24. The third-order valence-corrected chi connectivity index (χ3v) is 4.51. The fraction of sp³-hybridized carbons (Fsp3) is 0.176. The Morgan fingerprint density at radius 1 is 1.04 bits per heavy atom. The van der Waals surface area contributed by atoms with Gasteiger partial charge in [-0.05, 0) is 38.1 Å². The van der Waals surface area contributed by atoms with Crippen molar-refractivity contribution < 1.29 is 22.7 Å². The number of ketones is 1. The fourth-order valence-corrected chi connectivity index (χ4v) is 3.00. The van der Waals surface area contributed by atoms with Gasteiger partial charge in [0.25, 0.3) is 10.0 Å². The summed E-state index contributed by atoms with van der Waals surface area (Å²) in [6.07, 6.45) is 0. The average Bonchev–Trinajstić information content (AvgIpc) is 2.53. The summed E-state index contributed by atoms with van der Waals surface area (Å²) in [5, 5.41) is 0. The van der Waals surface area contributed by atoms with Crippen LogP contribution in [-0.2, 0) is 19.6 Å². The maximum absolute atomic E-state index is 12.4. The minimum atomic E-state index is -3.84. The predicted molar refractivity (Wildman–Crippen MR) is 89.4 cm³/mol. The summed E-state index contributed by atoms with van der Waals surface area (Å²) in [7, 11) is -3.84. The minimum absolute atomic E-state index is 0.0365. The van der Waals surface area contributed by atoms with Crippen LogP contribution in [0.3, 0.4) is 0 Å². The Morgan fingerprint density at radius 3 is 2.29 bits per heavy atom. The second-order valence-corrected chi connectivity index (χ2v) is 6.92. The van der Waals surface area contributed by atoms with E-state index in [1.807, 2.05) is 6.92 Å². The Kier molecular flexibility index (Phi) is 5.35. The topological polar surface area (TPSA) is 89.5 Å². The number of ether oxygens (including phenoxy) is 1. The first-order valence-corrected chi connectivity index (χ1v) is 8.63. The zero-order chi connectivity index (χ0) is 17.7. The molecule has 0 unspecified atom stereocenters. The lowest BCUT2D eigenvalue weighted by Crippen LogP contribution is -2.17. The van der Waals surface area contributed by atoms with Gasteiger partial charge in [0.1, 0.15) is 6.61 Å². The van der Waals surface area contributed by atoms with E-state index < -0.39 is 16.0 Å². The Labute approximate surface area is 140 Å². The molecule has 0 bridgehead atoms. The number of hydrogen-bond donors (Lipinski definition) is 1. The Balaban J connectivity index is 2.28. The summed E-state index contributed by atoms with van der Waals surface area (Å²) in [4.78, 5) is 23.0. The lowest BCUT2D eigenvalue weighted by Gasteiger charge is -2.12. The summed E-state index contributed by atoms with van der Waals surface area (Å²) in [6.45, 7) is 2.78. The van der Waals surface area contributed by atoms with Crippen molar-refractivity contribution in [2.24, 2.45) is 0 Å². The van der Waals surface area contributed by atoms with Gasteiger partial charge < -0.3 is 4.74 Å². The fourth-order valence-electron chi connectivity index (χ4n) is 1.92. The van der Waals surface area contributed by atoms with E-state index in [4.69, 9.17) is 4.74 Å². The molecule has 0 heterocycles. The molecule has 2 rings (SSSR count). The summed E-state index contributed by atoms with van der Waals surface area (Å²) < 4.78 is 32.1. The number of anilines is 1. The van der Waals surface area contributed by atoms with Gasteiger partial charge in [-0.25, -0.2) is 13.2 Å². The first kappa shape index (κ1) is 17.7. The van der Waals surface area contributed by atoms with Crippen LogP contribution in [0.2, 0.25) is 0 Å². The Bertz CT molecular complexity index is 857. The largest absolute Gasteiger partial charge is 0.454 e. The molecule has 24 heavy (non-hydrogen) atoms. The van der Waals surface area contributed by atoms with Crippen LogP contribution in [0, 0.1) is 6.92 Å². The molecular formula is C17H17NO5S. The number of carbonyl (C=O) groups excluding carboxylic acids is 2. The van der Waals surface area contributed by atoms with Crippen LogP contribution in [0.5, 0.6) is 0 Å². The van der Waals surface area contributed by atoms with Crippen LogP contribution in [0.25, 0.3) is 0 Å². The quantitative estimate of drug-likeness (QED) is 0.811. The van der Waals surface area contributed by atoms with Crippen LogP contribution < -0.4 is 4.72 Å². The molecule has 0 radical (unpaired) electrons. The number of aryl methyl sites for hydroxylation is 1. The molecule has 2 aromatic rings. The molecule has 0 aliphatic heterocycles. The number of nitrogens with one attached hydrogen (secondary N) is 1. The van der Waals surface area contributed by atoms with E-state index in [0.29, 0.717) is 0 Å². The monoisotopic (exact) mass is 347 g/mol. The number of esters is 1. The molecule has 0 spiro atoms. The van der Waals surface area contributed by atoms with Gasteiger partial charge in [0.05, 0.1) is 16.1 Å². The van der Waals surface area contributed by atoms with Crippen LogP contribution >= 0.6 is 0 Å². The molecule has 6 nitrogen and oxygen atoms in total. The van der Waals surface area contributed by atoms with Crippen molar-refractivity contribution in [2.45, 2.75) is 18.7 Å². The van der Waals surface area contributed by atoms with Crippen LogP contribution in [0.1, 0.15) is 22.8 Å². The number of para-hydroxylation sites is 1. The van der Waals surface area contributed by atoms with Crippen molar-refractivity contribution in [2.75, 3.05) is 11.3 Å². The van der Waals surface area contributed by atoms with E-state index in [9.17, 15) is 18.0 Å². The van der Waals surface area contributed by atoms with Crippen molar-refractivity contribution in [3.05, 3.63) is 59.7 Å². The highest BCUT2D eigenvalue weighted by atomic mass is 32.2. The van der Waals surface area contributed by atoms with Gasteiger partial charge in [-0.2, -0.15) is 0 Å². The highest BCUT2D eigenvalue weighted by Gasteiger charge is 2.19. The standard InChI is InChI=1S/C17H17NO5S/c1-12-7-9-14(10-8-12)24(21,22)18-16-6-4-3-5-15(16)17(20)23-11-13(2)19/h3-10,18H,11H2,1-2H3. The SMILES string of the molecule is CC(=O)COC(=O)c1ccccc1NS(=O)(=O)c1ccc(C)cc1. The molecule has 0 fully saturated rings. The summed E-state index contributed by atoms with van der Waals surface area (Å²) in [5.74, 6) is -1.08. The molecule has 0 aliphatic carbocycles. The number of sulfonamides is 1. The van der Waals surface area contributed by atoms with E-state index in [1.165, 1.54) is 31.2 Å². The normalized spacial score (nSPS) is 10.9. The van der Waals surface area contributed by atoms with Crippen molar-refractivity contribution in [1.29, 1.82) is 0 Å². The van der Waals surface area contributed by atoms with E-state index in [-0.39, 0.29) is 28.5 Å². The van der Waals surface area contributed by atoms with Crippen molar-refractivity contribution in [3.8, 4) is 0 Å². The Hall–Kier alpha value is -2.67.